The van der Waals surface area contributed by atoms with E-state index in [1.165, 1.54) is 54.7 Å². The highest BCUT2D eigenvalue weighted by Gasteiger charge is 2.38. The van der Waals surface area contributed by atoms with E-state index in [1.54, 1.807) is 0 Å². The quantitative estimate of drug-likeness (QED) is 0.180. The molecule has 1 aliphatic rings. The smallest absolute Gasteiger partial charge is 0.238 e. The van der Waals surface area contributed by atoms with Gasteiger partial charge in [0.2, 0.25) is 5.95 Å². The van der Waals surface area contributed by atoms with Crippen molar-refractivity contribution in [3.63, 3.8) is 0 Å². The highest BCUT2D eigenvalue weighted by molar-refractivity contribution is 6.23. The molecule has 0 unspecified atom stereocenters. The molecule has 4 heteroatoms. The predicted molar refractivity (Wildman–Crippen MR) is 241 cm³/mol. The van der Waals surface area contributed by atoms with Gasteiger partial charge in [-0.1, -0.05) is 178 Å². The third-order valence-electron chi connectivity index (χ3n) is 12.4. The molecule has 58 heavy (non-hydrogen) atoms. The normalized spacial score (nSPS) is 13.1. The second-order valence-corrected chi connectivity index (χ2v) is 16.0. The van der Waals surface area contributed by atoms with Crippen molar-refractivity contribution in [2.75, 3.05) is 0 Å². The number of nitrogens with zero attached hydrogens (tertiary/aromatic N) is 4. The van der Waals surface area contributed by atoms with Crippen LogP contribution in [-0.4, -0.2) is 19.5 Å². The molecule has 272 valence electrons. The lowest BCUT2D eigenvalue weighted by atomic mass is 9.78. The maximum Gasteiger partial charge on any atom is 0.238 e. The molecule has 0 fully saturated rings. The van der Waals surface area contributed by atoms with Crippen LogP contribution in [0, 0.1) is 0 Å². The van der Waals surface area contributed by atoms with E-state index >= 15 is 0 Å². The minimum absolute atomic E-state index is 0.200. The summed E-state index contributed by atoms with van der Waals surface area (Å²) in [5.41, 5.74) is 11.5. The molecule has 0 atom stereocenters. The van der Waals surface area contributed by atoms with Crippen LogP contribution in [-0.2, 0) is 5.41 Å². The van der Waals surface area contributed by atoms with Gasteiger partial charge in [-0.15, -0.1) is 0 Å². The zero-order valence-corrected chi connectivity index (χ0v) is 32.1. The maximum absolute atomic E-state index is 5.43. The van der Waals surface area contributed by atoms with Crippen molar-refractivity contribution in [2.45, 2.75) is 19.3 Å². The molecule has 12 rings (SSSR count). The molecule has 0 amide bonds. The van der Waals surface area contributed by atoms with E-state index in [1.807, 2.05) is 0 Å². The lowest BCUT2D eigenvalue weighted by molar-refractivity contribution is 0.662. The fraction of sp³-hybridized carbons (Fsp3) is 0.0556. The first-order valence-electron chi connectivity index (χ1n) is 19.9. The fourth-order valence-electron chi connectivity index (χ4n) is 9.71. The third kappa shape index (κ3) is 4.78. The minimum Gasteiger partial charge on any atom is -0.277 e. The van der Waals surface area contributed by atoms with Crippen molar-refractivity contribution in [3.8, 4) is 51.0 Å². The Balaban J connectivity index is 1.20. The van der Waals surface area contributed by atoms with Crippen LogP contribution in [0.3, 0.4) is 0 Å². The molecule has 0 bridgehead atoms. The number of aromatic nitrogens is 4. The van der Waals surface area contributed by atoms with Gasteiger partial charge in [0.05, 0.1) is 11.0 Å². The number of rotatable bonds is 4. The van der Waals surface area contributed by atoms with E-state index in [0.717, 1.165) is 43.9 Å². The average Bonchev–Trinajstić information content (AvgIpc) is 3.75. The molecular weight excluding hydrogens is 705 g/mol. The van der Waals surface area contributed by atoms with Crippen LogP contribution >= 0.6 is 0 Å². The van der Waals surface area contributed by atoms with Crippen LogP contribution in [0.4, 0.5) is 0 Å². The molecule has 0 saturated carbocycles. The molecule has 11 aromatic rings. The van der Waals surface area contributed by atoms with Crippen LogP contribution in [0.1, 0.15) is 25.0 Å². The van der Waals surface area contributed by atoms with Gasteiger partial charge in [-0.2, -0.15) is 9.97 Å². The summed E-state index contributed by atoms with van der Waals surface area (Å²) >= 11 is 0. The monoisotopic (exact) mass is 740 g/mol. The molecule has 0 N–H and O–H groups in total. The van der Waals surface area contributed by atoms with Crippen LogP contribution < -0.4 is 0 Å². The summed E-state index contributed by atoms with van der Waals surface area (Å²) in [7, 11) is 0. The Hall–Kier alpha value is -7.43. The first kappa shape index (κ1) is 32.8. The Morgan fingerprint density at radius 1 is 0.414 bits per heavy atom. The Morgan fingerprint density at radius 3 is 1.64 bits per heavy atom. The summed E-state index contributed by atoms with van der Waals surface area (Å²) < 4.78 is 2.30. The number of para-hydroxylation sites is 1. The van der Waals surface area contributed by atoms with Gasteiger partial charge in [0.1, 0.15) is 0 Å². The van der Waals surface area contributed by atoms with E-state index in [4.69, 9.17) is 15.0 Å². The summed E-state index contributed by atoms with van der Waals surface area (Å²) in [6.45, 7) is 4.73. The molecular formula is C54H36N4. The van der Waals surface area contributed by atoms with Crippen molar-refractivity contribution in [1.29, 1.82) is 0 Å². The van der Waals surface area contributed by atoms with Crippen LogP contribution in [0.25, 0.3) is 105 Å². The Morgan fingerprint density at radius 2 is 0.931 bits per heavy atom. The third-order valence-corrected chi connectivity index (χ3v) is 12.4. The summed E-state index contributed by atoms with van der Waals surface area (Å²) in [5.74, 6) is 1.84. The van der Waals surface area contributed by atoms with Gasteiger partial charge in [-0.25, -0.2) is 4.98 Å². The maximum atomic E-state index is 5.43. The molecule has 4 nitrogen and oxygen atoms in total. The van der Waals surface area contributed by atoms with Gasteiger partial charge in [0.25, 0.3) is 0 Å². The Kier molecular flexibility index (Phi) is 6.94. The number of hydrogen-bond acceptors (Lipinski definition) is 3. The lowest BCUT2D eigenvalue weighted by Gasteiger charge is -2.25. The molecule has 2 heterocycles. The summed E-state index contributed by atoms with van der Waals surface area (Å²) in [5, 5.41) is 9.37. The van der Waals surface area contributed by atoms with Crippen molar-refractivity contribution >= 4 is 54.1 Å². The first-order chi connectivity index (χ1) is 28.5. The molecule has 0 radical (unpaired) electrons. The highest BCUT2D eigenvalue weighted by atomic mass is 15.2. The molecule has 2 aromatic heterocycles. The lowest BCUT2D eigenvalue weighted by Crippen LogP contribution is -2.16. The zero-order valence-electron chi connectivity index (χ0n) is 32.1. The van der Waals surface area contributed by atoms with Gasteiger partial charge in [-0.05, 0) is 78.3 Å². The van der Waals surface area contributed by atoms with Crippen molar-refractivity contribution in [3.05, 3.63) is 193 Å². The second kappa shape index (κ2) is 12.3. The predicted octanol–water partition coefficient (Wildman–Crippen LogP) is 13.7. The zero-order chi connectivity index (χ0) is 38.5. The van der Waals surface area contributed by atoms with Gasteiger partial charge >= 0.3 is 0 Å². The molecule has 0 spiro atoms. The average molecular weight is 741 g/mol. The number of fused-ring (bicyclic) bond motifs is 10. The van der Waals surface area contributed by atoms with E-state index in [-0.39, 0.29) is 5.41 Å². The highest BCUT2D eigenvalue weighted by Crippen LogP contribution is 2.53. The number of benzene rings is 9. The van der Waals surface area contributed by atoms with E-state index in [2.05, 4.69) is 200 Å². The van der Waals surface area contributed by atoms with Gasteiger partial charge in [0.15, 0.2) is 11.6 Å². The molecule has 1 aliphatic carbocycles. The van der Waals surface area contributed by atoms with Crippen molar-refractivity contribution in [2.24, 2.45) is 0 Å². The minimum atomic E-state index is -0.200. The second-order valence-electron chi connectivity index (χ2n) is 16.0. The molecule has 0 saturated heterocycles. The van der Waals surface area contributed by atoms with Crippen LogP contribution in [0.2, 0.25) is 0 Å². The summed E-state index contributed by atoms with van der Waals surface area (Å²) in [6.07, 6.45) is 0. The van der Waals surface area contributed by atoms with Gasteiger partial charge < -0.3 is 0 Å². The van der Waals surface area contributed by atoms with E-state index < -0.39 is 0 Å². The topological polar surface area (TPSA) is 43.6 Å². The summed E-state index contributed by atoms with van der Waals surface area (Å²) in [6, 6.07) is 65.4. The van der Waals surface area contributed by atoms with Gasteiger partial charge in [-0.3, -0.25) is 4.57 Å². The van der Waals surface area contributed by atoms with Crippen LogP contribution in [0.5, 0.6) is 0 Å². The number of hydrogen-bond donors (Lipinski definition) is 0. The SMILES string of the molecule is CC1(C)c2ccccc2-c2cccc(-c3cccc4c5c6ccccc6ccc5n(-c5nc(-c6ccc7ccccc7c6)nc(-c6ccc7ccccc7c6)n5)c34)c21. The van der Waals surface area contributed by atoms with Gasteiger partial charge in [0, 0.05) is 32.9 Å². The Bertz CT molecular complexity index is 3400. The van der Waals surface area contributed by atoms with Crippen molar-refractivity contribution in [1.82, 2.24) is 19.5 Å². The summed E-state index contributed by atoms with van der Waals surface area (Å²) in [4.78, 5) is 16.1. The Labute approximate surface area is 335 Å². The molecule has 9 aromatic carbocycles. The van der Waals surface area contributed by atoms with E-state index in [9.17, 15) is 0 Å². The largest absolute Gasteiger partial charge is 0.277 e. The van der Waals surface area contributed by atoms with Crippen molar-refractivity contribution < 1.29 is 0 Å². The van der Waals surface area contributed by atoms with E-state index in [0.29, 0.717) is 17.6 Å². The standard InChI is InChI=1S/C54H36N4/c1-54(2)46-24-10-9-19-41(46)42-20-11-21-43(49(42)54)44-22-12-23-45-48-40-18-8-7-15-35(40)29-30-47(48)58(50(44)45)53-56-51(38-27-25-33-13-3-5-16-36(33)31-38)55-52(57-53)39-28-26-34-14-4-6-17-37(34)32-39/h3-32H,1-2H3. The fourth-order valence-corrected chi connectivity index (χ4v) is 9.71. The molecule has 0 aliphatic heterocycles. The first-order valence-corrected chi connectivity index (χ1v) is 19.9. The van der Waals surface area contributed by atoms with Crippen LogP contribution in [0.15, 0.2) is 182 Å².